The smallest absolute Gasteiger partial charge is 0.185 e. The monoisotopic (exact) mass is 354 g/mol. The van der Waals surface area contributed by atoms with Crippen LogP contribution in [0.4, 0.5) is 11.4 Å². The first-order valence-electron chi connectivity index (χ1n) is 8.57. The fourth-order valence-corrected chi connectivity index (χ4v) is 2.89. The standard InChI is InChI=1S/C21H26N2O3/c1-4-21(26)17-7-10-20(22(2)3)19(15-17)16-5-8-18(9-6-16)23(11-13-24)12-14-25/h4-10,15,24-25H,1,11-14H2,2-3H3. The van der Waals surface area contributed by atoms with Crippen molar-refractivity contribution in [2.24, 2.45) is 0 Å². The molecule has 5 nitrogen and oxygen atoms in total. The van der Waals surface area contributed by atoms with Gasteiger partial charge in [-0.3, -0.25) is 4.79 Å². The third-order valence-electron chi connectivity index (χ3n) is 4.23. The zero-order valence-corrected chi connectivity index (χ0v) is 15.4. The molecule has 0 saturated heterocycles. The lowest BCUT2D eigenvalue weighted by molar-refractivity contribution is 0.104. The van der Waals surface area contributed by atoms with Crippen molar-refractivity contribution in [1.29, 1.82) is 0 Å². The number of ketones is 1. The van der Waals surface area contributed by atoms with E-state index >= 15 is 0 Å². The molecule has 0 spiro atoms. The minimum atomic E-state index is -0.106. The second-order valence-electron chi connectivity index (χ2n) is 6.18. The van der Waals surface area contributed by atoms with E-state index in [2.05, 4.69) is 6.58 Å². The average molecular weight is 354 g/mol. The van der Waals surface area contributed by atoms with Crippen molar-refractivity contribution in [2.75, 3.05) is 50.2 Å². The Morgan fingerprint density at radius 3 is 2.15 bits per heavy atom. The summed E-state index contributed by atoms with van der Waals surface area (Å²) in [6.07, 6.45) is 1.32. The van der Waals surface area contributed by atoms with Crippen molar-refractivity contribution in [2.45, 2.75) is 0 Å². The van der Waals surface area contributed by atoms with Gasteiger partial charge in [0.2, 0.25) is 0 Å². The summed E-state index contributed by atoms with van der Waals surface area (Å²) in [7, 11) is 3.93. The molecule has 2 aromatic rings. The summed E-state index contributed by atoms with van der Waals surface area (Å²) >= 11 is 0. The maximum Gasteiger partial charge on any atom is 0.185 e. The Kier molecular flexibility index (Phi) is 6.95. The Labute approximate surface area is 154 Å². The number of hydrogen-bond acceptors (Lipinski definition) is 5. The number of aliphatic hydroxyl groups excluding tert-OH is 2. The van der Waals surface area contributed by atoms with Crippen LogP contribution >= 0.6 is 0 Å². The number of rotatable bonds is 9. The van der Waals surface area contributed by atoms with Gasteiger partial charge >= 0.3 is 0 Å². The first-order valence-corrected chi connectivity index (χ1v) is 8.57. The number of hydrogen-bond donors (Lipinski definition) is 2. The fraction of sp³-hybridized carbons (Fsp3) is 0.286. The molecule has 5 heteroatoms. The lowest BCUT2D eigenvalue weighted by Crippen LogP contribution is -2.29. The molecule has 0 fully saturated rings. The van der Waals surface area contributed by atoms with E-state index in [1.54, 1.807) is 6.07 Å². The van der Waals surface area contributed by atoms with Crippen molar-refractivity contribution >= 4 is 17.2 Å². The van der Waals surface area contributed by atoms with Gasteiger partial charge in [0.1, 0.15) is 0 Å². The van der Waals surface area contributed by atoms with Crippen LogP contribution < -0.4 is 9.80 Å². The lowest BCUT2D eigenvalue weighted by atomic mass is 9.98. The molecule has 26 heavy (non-hydrogen) atoms. The number of benzene rings is 2. The Bertz CT molecular complexity index is 748. The Morgan fingerprint density at radius 2 is 1.65 bits per heavy atom. The lowest BCUT2D eigenvalue weighted by Gasteiger charge is -2.23. The summed E-state index contributed by atoms with van der Waals surface area (Å²) in [6.45, 7) is 4.54. The van der Waals surface area contributed by atoms with Gasteiger partial charge in [0.05, 0.1) is 13.2 Å². The van der Waals surface area contributed by atoms with Gasteiger partial charge in [0.25, 0.3) is 0 Å². The van der Waals surface area contributed by atoms with E-state index in [9.17, 15) is 15.0 Å². The van der Waals surface area contributed by atoms with Crippen LogP contribution in [0.1, 0.15) is 10.4 Å². The number of carbonyl (C=O) groups is 1. The van der Waals surface area contributed by atoms with Gasteiger partial charge in [-0.05, 0) is 42.0 Å². The van der Waals surface area contributed by atoms with Crippen LogP contribution in [0.3, 0.4) is 0 Å². The summed E-state index contributed by atoms with van der Waals surface area (Å²) in [4.78, 5) is 15.9. The van der Waals surface area contributed by atoms with E-state index in [-0.39, 0.29) is 19.0 Å². The Hall–Kier alpha value is -2.63. The number of anilines is 2. The number of allylic oxidation sites excluding steroid dienone is 1. The Morgan fingerprint density at radius 1 is 1.04 bits per heavy atom. The molecule has 0 aromatic heterocycles. The molecule has 0 radical (unpaired) electrons. The van der Waals surface area contributed by atoms with Gasteiger partial charge < -0.3 is 20.0 Å². The first-order chi connectivity index (χ1) is 12.5. The van der Waals surface area contributed by atoms with Crippen molar-refractivity contribution in [3.8, 4) is 11.1 Å². The van der Waals surface area contributed by atoms with Gasteiger partial charge in [0, 0.05) is 49.7 Å². The molecule has 2 N–H and O–H groups in total. The van der Waals surface area contributed by atoms with E-state index in [1.165, 1.54) is 6.08 Å². The average Bonchev–Trinajstić information content (AvgIpc) is 2.66. The number of carbonyl (C=O) groups excluding carboxylic acids is 1. The summed E-state index contributed by atoms with van der Waals surface area (Å²) in [5, 5.41) is 18.4. The molecule has 0 heterocycles. The van der Waals surface area contributed by atoms with Crippen LogP contribution in [0, 0.1) is 0 Å². The minimum Gasteiger partial charge on any atom is -0.395 e. The van der Waals surface area contributed by atoms with E-state index in [0.29, 0.717) is 18.7 Å². The van der Waals surface area contributed by atoms with Gasteiger partial charge in [0.15, 0.2) is 5.78 Å². The maximum absolute atomic E-state index is 12.0. The molecule has 0 aliphatic carbocycles. The second-order valence-corrected chi connectivity index (χ2v) is 6.18. The molecule has 0 bridgehead atoms. The second kappa shape index (κ2) is 9.17. The highest BCUT2D eigenvalue weighted by molar-refractivity contribution is 6.05. The zero-order chi connectivity index (χ0) is 19.1. The predicted octanol–water partition coefficient (Wildman–Crippen LogP) is 2.58. The number of nitrogens with zero attached hydrogens (tertiary/aromatic N) is 2. The van der Waals surface area contributed by atoms with Crippen LogP contribution in [0.5, 0.6) is 0 Å². The highest BCUT2D eigenvalue weighted by Crippen LogP contribution is 2.32. The highest BCUT2D eigenvalue weighted by atomic mass is 16.3. The van der Waals surface area contributed by atoms with E-state index in [1.807, 2.05) is 60.3 Å². The zero-order valence-electron chi connectivity index (χ0n) is 15.4. The van der Waals surface area contributed by atoms with Crippen LogP contribution in [-0.4, -0.2) is 56.4 Å². The third kappa shape index (κ3) is 4.50. The fourth-order valence-electron chi connectivity index (χ4n) is 2.89. The van der Waals surface area contributed by atoms with Gasteiger partial charge in [-0.1, -0.05) is 18.7 Å². The highest BCUT2D eigenvalue weighted by Gasteiger charge is 2.12. The molecule has 0 aliphatic heterocycles. The third-order valence-corrected chi connectivity index (χ3v) is 4.23. The van der Waals surface area contributed by atoms with Crippen LogP contribution in [0.25, 0.3) is 11.1 Å². The molecule has 0 unspecified atom stereocenters. The van der Waals surface area contributed by atoms with Crippen molar-refractivity contribution < 1.29 is 15.0 Å². The van der Waals surface area contributed by atoms with Gasteiger partial charge in [-0.25, -0.2) is 0 Å². The Balaban J connectivity index is 2.43. The van der Waals surface area contributed by atoms with Crippen LogP contribution in [0.15, 0.2) is 55.1 Å². The SMILES string of the molecule is C=CC(=O)c1ccc(N(C)C)c(-c2ccc(N(CCO)CCO)cc2)c1. The van der Waals surface area contributed by atoms with Gasteiger partial charge in [-0.15, -0.1) is 0 Å². The van der Waals surface area contributed by atoms with Crippen LogP contribution in [-0.2, 0) is 0 Å². The van der Waals surface area contributed by atoms with Crippen LogP contribution in [0.2, 0.25) is 0 Å². The van der Waals surface area contributed by atoms with Crippen molar-refractivity contribution in [3.63, 3.8) is 0 Å². The van der Waals surface area contributed by atoms with Gasteiger partial charge in [-0.2, -0.15) is 0 Å². The van der Waals surface area contributed by atoms with E-state index < -0.39 is 0 Å². The molecule has 2 rings (SSSR count). The molecule has 2 aromatic carbocycles. The summed E-state index contributed by atoms with van der Waals surface area (Å²) < 4.78 is 0. The first kappa shape index (κ1) is 19.7. The molecule has 0 saturated carbocycles. The van der Waals surface area contributed by atoms with E-state index in [0.717, 1.165) is 22.5 Å². The predicted molar refractivity (Wildman–Crippen MR) is 107 cm³/mol. The molecular formula is C21H26N2O3. The molecule has 0 amide bonds. The summed E-state index contributed by atoms with van der Waals surface area (Å²) in [5.41, 5.74) is 4.50. The molecule has 138 valence electrons. The largest absolute Gasteiger partial charge is 0.395 e. The maximum atomic E-state index is 12.0. The normalized spacial score (nSPS) is 10.5. The molecule has 0 atom stereocenters. The van der Waals surface area contributed by atoms with E-state index in [4.69, 9.17) is 0 Å². The van der Waals surface area contributed by atoms with Crippen molar-refractivity contribution in [1.82, 2.24) is 0 Å². The minimum absolute atomic E-state index is 0.0260. The summed E-state index contributed by atoms with van der Waals surface area (Å²) in [5.74, 6) is -0.106. The number of aliphatic hydroxyl groups is 2. The molecule has 0 aliphatic rings. The summed E-state index contributed by atoms with van der Waals surface area (Å²) in [6, 6.07) is 13.5. The molecular weight excluding hydrogens is 328 g/mol. The quantitative estimate of drug-likeness (QED) is 0.535. The van der Waals surface area contributed by atoms with Crippen molar-refractivity contribution in [3.05, 3.63) is 60.7 Å². The topological polar surface area (TPSA) is 64.0 Å².